The van der Waals surface area contributed by atoms with Crippen molar-refractivity contribution < 1.29 is 32.3 Å². The number of ether oxygens (including phenoxy) is 1. The summed E-state index contributed by atoms with van der Waals surface area (Å²) >= 11 is 0. The second-order valence-electron chi connectivity index (χ2n) is 9.02. The van der Waals surface area contributed by atoms with Crippen LogP contribution in [0.3, 0.4) is 0 Å². The molecule has 2 fully saturated rings. The second kappa shape index (κ2) is 10.3. The predicted molar refractivity (Wildman–Crippen MR) is 125 cm³/mol. The molecule has 1 N–H and O–H groups in total. The minimum absolute atomic E-state index is 0.0402. The Balaban J connectivity index is 1.51. The zero-order chi connectivity index (χ0) is 25.9. The standard InChI is InChI=1S/C26H28F3N3O4/c1-2-36-22(33)17-32-24(35)21(15-18-7-4-3-5-8-18)30-25(32)11-13-31(14-12-25)23(34)19-9-6-10-20(16-19)26(27,28)29/h3-10,16,21,30H,2,11-15,17H2,1H3. The number of halogens is 3. The van der Waals surface area contributed by atoms with Gasteiger partial charge in [-0.3, -0.25) is 19.7 Å². The van der Waals surface area contributed by atoms with Crippen molar-refractivity contribution in [1.29, 1.82) is 0 Å². The normalized spacial score (nSPS) is 19.6. The molecule has 2 aromatic carbocycles. The van der Waals surface area contributed by atoms with Crippen molar-refractivity contribution in [2.24, 2.45) is 0 Å². The maximum Gasteiger partial charge on any atom is 0.416 e. The van der Waals surface area contributed by atoms with Gasteiger partial charge in [0.2, 0.25) is 5.91 Å². The fourth-order valence-electron chi connectivity index (χ4n) is 4.92. The number of hydrogen-bond acceptors (Lipinski definition) is 5. The highest BCUT2D eigenvalue weighted by molar-refractivity contribution is 5.94. The van der Waals surface area contributed by atoms with Gasteiger partial charge in [-0.25, -0.2) is 0 Å². The van der Waals surface area contributed by atoms with Gasteiger partial charge in [-0.15, -0.1) is 0 Å². The van der Waals surface area contributed by atoms with E-state index in [1.54, 1.807) is 6.92 Å². The van der Waals surface area contributed by atoms with Crippen molar-refractivity contribution in [2.45, 2.75) is 44.1 Å². The first-order valence-corrected chi connectivity index (χ1v) is 11.9. The molecule has 0 aliphatic carbocycles. The average Bonchev–Trinajstić information content (AvgIpc) is 3.09. The number of likely N-dealkylation sites (tertiary alicyclic amines) is 1. The van der Waals surface area contributed by atoms with E-state index in [-0.39, 0.29) is 37.7 Å². The zero-order valence-corrected chi connectivity index (χ0v) is 19.9. The van der Waals surface area contributed by atoms with E-state index in [1.807, 2.05) is 30.3 Å². The first-order valence-electron chi connectivity index (χ1n) is 11.9. The lowest BCUT2D eigenvalue weighted by Gasteiger charge is -2.44. The summed E-state index contributed by atoms with van der Waals surface area (Å²) in [4.78, 5) is 41.6. The van der Waals surface area contributed by atoms with E-state index >= 15 is 0 Å². The van der Waals surface area contributed by atoms with Crippen LogP contribution in [0.15, 0.2) is 54.6 Å². The summed E-state index contributed by atoms with van der Waals surface area (Å²) in [5, 5.41) is 3.41. The van der Waals surface area contributed by atoms with Crippen LogP contribution in [-0.2, 0) is 26.9 Å². The second-order valence-corrected chi connectivity index (χ2v) is 9.02. The topological polar surface area (TPSA) is 79.0 Å². The Morgan fingerprint density at radius 2 is 1.78 bits per heavy atom. The lowest BCUT2D eigenvalue weighted by Crippen LogP contribution is -2.60. The van der Waals surface area contributed by atoms with Gasteiger partial charge in [0, 0.05) is 31.5 Å². The summed E-state index contributed by atoms with van der Waals surface area (Å²) in [5.74, 6) is -1.24. The van der Waals surface area contributed by atoms with Crippen LogP contribution in [0.1, 0.15) is 41.3 Å². The van der Waals surface area contributed by atoms with Gasteiger partial charge in [0.25, 0.3) is 5.91 Å². The molecule has 1 spiro atoms. The average molecular weight is 504 g/mol. The molecule has 0 bridgehead atoms. The fourth-order valence-corrected chi connectivity index (χ4v) is 4.92. The molecule has 0 radical (unpaired) electrons. The Morgan fingerprint density at radius 1 is 1.08 bits per heavy atom. The third-order valence-electron chi connectivity index (χ3n) is 6.71. The Kier molecular flexibility index (Phi) is 7.35. The van der Waals surface area contributed by atoms with Crippen molar-refractivity contribution in [3.05, 3.63) is 71.3 Å². The van der Waals surface area contributed by atoms with E-state index in [0.717, 1.165) is 17.7 Å². The molecule has 4 rings (SSSR count). The number of benzene rings is 2. The molecule has 10 heteroatoms. The Hall–Kier alpha value is -3.40. The van der Waals surface area contributed by atoms with Crippen molar-refractivity contribution in [2.75, 3.05) is 26.2 Å². The van der Waals surface area contributed by atoms with Gasteiger partial charge in [0.15, 0.2) is 0 Å². The summed E-state index contributed by atoms with van der Waals surface area (Å²) in [5.41, 5.74) is -0.807. The van der Waals surface area contributed by atoms with Crippen LogP contribution in [-0.4, -0.2) is 65.5 Å². The van der Waals surface area contributed by atoms with Gasteiger partial charge in [-0.05, 0) is 37.1 Å². The highest BCUT2D eigenvalue weighted by Crippen LogP contribution is 2.34. The van der Waals surface area contributed by atoms with Gasteiger partial charge < -0.3 is 14.5 Å². The summed E-state index contributed by atoms with van der Waals surface area (Å²) in [6, 6.07) is 13.3. The van der Waals surface area contributed by atoms with Crippen LogP contribution in [0.5, 0.6) is 0 Å². The molecular weight excluding hydrogens is 475 g/mol. The van der Waals surface area contributed by atoms with E-state index in [9.17, 15) is 27.6 Å². The van der Waals surface area contributed by atoms with Gasteiger partial charge in [0.05, 0.1) is 23.9 Å². The number of alkyl halides is 3. The Labute approximate surface area is 207 Å². The Bertz CT molecular complexity index is 1110. The van der Waals surface area contributed by atoms with E-state index in [1.165, 1.54) is 21.9 Å². The molecule has 0 aromatic heterocycles. The number of hydrogen-bond donors (Lipinski definition) is 1. The number of nitrogens with zero attached hydrogens (tertiary/aromatic N) is 2. The van der Waals surface area contributed by atoms with Gasteiger partial charge in [-0.1, -0.05) is 36.4 Å². The number of carbonyl (C=O) groups is 3. The minimum atomic E-state index is -4.54. The Morgan fingerprint density at radius 3 is 2.42 bits per heavy atom. The van der Waals surface area contributed by atoms with Gasteiger partial charge in [0.1, 0.15) is 6.54 Å². The molecule has 0 saturated carbocycles. The SMILES string of the molecule is CCOC(=O)CN1C(=O)C(Cc2ccccc2)NC12CCN(C(=O)c1cccc(C(F)(F)F)c1)CC2. The molecule has 2 aliphatic heterocycles. The van der Waals surface area contributed by atoms with Crippen LogP contribution >= 0.6 is 0 Å². The van der Waals surface area contributed by atoms with Crippen molar-refractivity contribution in [3.63, 3.8) is 0 Å². The minimum Gasteiger partial charge on any atom is -0.465 e. The summed E-state index contributed by atoms with van der Waals surface area (Å²) in [6.07, 6.45) is -3.45. The van der Waals surface area contributed by atoms with Crippen LogP contribution in [0.25, 0.3) is 0 Å². The molecule has 192 valence electrons. The summed E-state index contributed by atoms with van der Waals surface area (Å²) in [7, 11) is 0. The number of nitrogens with one attached hydrogen (secondary N) is 1. The van der Waals surface area contributed by atoms with E-state index in [0.29, 0.717) is 19.3 Å². The van der Waals surface area contributed by atoms with Crippen molar-refractivity contribution in [3.8, 4) is 0 Å². The number of esters is 1. The first-order chi connectivity index (χ1) is 17.1. The molecule has 1 unspecified atom stereocenters. The number of rotatable bonds is 6. The molecule has 1 atom stereocenters. The summed E-state index contributed by atoms with van der Waals surface area (Å²) in [6.45, 7) is 2.09. The lowest BCUT2D eigenvalue weighted by atomic mass is 9.95. The van der Waals surface area contributed by atoms with E-state index < -0.39 is 35.3 Å². The quantitative estimate of drug-likeness (QED) is 0.613. The molecular formula is C26H28F3N3O4. The molecule has 7 nitrogen and oxygen atoms in total. The maximum absolute atomic E-state index is 13.4. The largest absolute Gasteiger partial charge is 0.465 e. The van der Waals surface area contributed by atoms with Gasteiger partial charge in [-0.2, -0.15) is 13.2 Å². The zero-order valence-electron chi connectivity index (χ0n) is 19.9. The van der Waals surface area contributed by atoms with Crippen LogP contribution < -0.4 is 5.32 Å². The molecule has 36 heavy (non-hydrogen) atoms. The van der Waals surface area contributed by atoms with Crippen LogP contribution in [0.4, 0.5) is 13.2 Å². The number of piperidine rings is 1. The van der Waals surface area contributed by atoms with E-state index in [2.05, 4.69) is 5.32 Å². The van der Waals surface area contributed by atoms with Gasteiger partial charge >= 0.3 is 12.1 Å². The van der Waals surface area contributed by atoms with Crippen LogP contribution in [0.2, 0.25) is 0 Å². The third-order valence-corrected chi connectivity index (χ3v) is 6.71. The highest BCUT2D eigenvalue weighted by atomic mass is 19.4. The molecule has 2 amide bonds. The predicted octanol–water partition coefficient (Wildman–Crippen LogP) is 3.24. The maximum atomic E-state index is 13.4. The van der Waals surface area contributed by atoms with Crippen LogP contribution in [0, 0.1) is 0 Å². The molecule has 2 aromatic rings. The lowest BCUT2D eigenvalue weighted by molar-refractivity contribution is -0.151. The molecule has 2 heterocycles. The first kappa shape index (κ1) is 25.7. The fraction of sp³-hybridized carbons (Fsp3) is 0.423. The number of amides is 2. The number of carbonyl (C=O) groups excluding carboxylic acids is 3. The smallest absolute Gasteiger partial charge is 0.416 e. The van der Waals surface area contributed by atoms with E-state index in [4.69, 9.17) is 4.74 Å². The van der Waals surface area contributed by atoms with Crippen molar-refractivity contribution in [1.82, 2.24) is 15.1 Å². The third kappa shape index (κ3) is 5.38. The molecule has 2 aliphatic rings. The summed E-state index contributed by atoms with van der Waals surface area (Å²) < 4.78 is 44.4. The highest BCUT2D eigenvalue weighted by Gasteiger charge is 2.52. The molecule has 2 saturated heterocycles. The monoisotopic (exact) mass is 503 g/mol. The van der Waals surface area contributed by atoms with Crippen molar-refractivity contribution >= 4 is 17.8 Å².